The second-order valence-electron chi connectivity index (χ2n) is 6.71. The molecule has 0 fully saturated rings. The van der Waals surface area contributed by atoms with Crippen molar-refractivity contribution >= 4 is 24.3 Å². The molecule has 0 radical (unpaired) electrons. The highest BCUT2D eigenvalue weighted by Crippen LogP contribution is 2.14. The van der Waals surface area contributed by atoms with Crippen LogP contribution in [0.2, 0.25) is 0 Å². The van der Waals surface area contributed by atoms with E-state index in [1.165, 1.54) is 64.2 Å². The minimum Gasteiger partial charge on any atom is -0.222 e. The fourth-order valence-electron chi connectivity index (χ4n) is 2.59. The molecule has 8 heteroatoms. The maximum Gasteiger partial charge on any atom is 0.235 e. The van der Waals surface area contributed by atoms with Gasteiger partial charge in [0.1, 0.15) is 0 Å². The van der Waals surface area contributed by atoms with E-state index in [0.717, 1.165) is 18.6 Å². The first-order chi connectivity index (χ1) is 14.5. The van der Waals surface area contributed by atoms with Crippen molar-refractivity contribution in [2.75, 3.05) is 6.54 Å². The van der Waals surface area contributed by atoms with Crippen LogP contribution in [0.15, 0.2) is 9.98 Å². The number of isocyanates is 4. The molecule has 0 rings (SSSR count). The number of hydrogen-bond acceptors (Lipinski definition) is 8. The standard InChI is InChI=1S/2C10H19NO.2CHNO/c1-3-4-5-6-7-8-10(2)11-9-12;1-3-5-7-10(6-4-2)8-11-9-12;2*2-1-3/h2*10H,3-8H2,1-2H3;2*2H. The van der Waals surface area contributed by atoms with Crippen LogP contribution in [0, 0.1) is 16.7 Å². The number of unbranched alkanes of at least 4 members (excludes halogenated alkanes) is 5. The lowest BCUT2D eigenvalue weighted by Gasteiger charge is -2.11. The Labute approximate surface area is 181 Å². The van der Waals surface area contributed by atoms with Crippen molar-refractivity contribution in [2.24, 2.45) is 15.9 Å². The zero-order valence-electron chi connectivity index (χ0n) is 19.2. The molecule has 0 aliphatic heterocycles. The molecule has 2 N–H and O–H groups in total. The van der Waals surface area contributed by atoms with E-state index in [1.54, 1.807) is 12.2 Å². The SMILES string of the molecule is CCCCC(CCC)CN=C=O.CCCCCCCC(C)N=C=O.N=C=O.N=C=O. The second-order valence-corrected chi connectivity index (χ2v) is 6.71. The third kappa shape index (κ3) is 44.7. The summed E-state index contributed by atoms with van der Waals surface area (Å²) in [6.07, 6.45) is 18.2. The normalized spacial score (nSPS) is 10.3. The zero-order valence-corrected chi connectivity index (χ0v) is 19.2. The Morgan fingerprint density at radius 2 is 1.23 bits per heavy atom. The van der Waals surface area contributed by atoms with Gasteiger partial charge in [0.05, 0.1) is 12.6 Å². The molecule has 0 aromatic carbocycles. The summed E-state index contributed by atoms with van der Waals surface area (Å²) in [6.45, 7) is 9.21. The summed E-state index contributed by atoms with van der Waals surface area (Å²) in [7, 11) is 0. The van der Waals surface area contributed by atoms with Gasteiger partial charge in [-0.05, 0) is 32.1 Å². The summed E-state index contributed by atoms with van der Waals surface area (Å²) in [5, 5.41) is 10.8. The van der Waals surface area contributed by atoms with Gasteiger partial charge in [0, 0.05) is 0 Å². The first kappa shape index (κ1) is 35.0. The van der Waals surface area contributed by atoms with Crippen LogP contribution in [-0.4, -0.2) is 36.9 Å². The summed E-state index contributed by atoms with van der Waals surface area (Å²) < 4.78 is 0. The Balaban J connectivity index is -0.000000178. The van der Waals surface area contributed by atoms with Crippen LogP contribution in [0.3, 0.4) is 0 Å². The van der Waals surface area contributed by atoms with Crippen LogP contribution in [0.25, 0.3) is 0 Å². The molecule has 0 bridgehead atoms. The molecular formula is C22H40N4O4. The van der Waals surface area contributed by atoms with E-state index in [4.69, 9.17) is 20.4 Å². The largest absolute Gasteiger partial charge is 0.235 e. The van der Waals surface area contributed by atoms with Crippen molar-refractivity contribution in [3.8, 4) is 0 Å². The van der Waals surface area contributed by atoms with Crippen molar-refractivity contribution in [1.82, 2.24) is 0 Å². The monoisotopic (exact) mass is 424 g/mol. The Morgan fingerprint density at radius 1 is 0.700 bits per heavy atom. The molecule has 0 spiro atoms. The van der Waals surface area contributed by atoms with Crippen LogP contribution < -0.4 is 0 Å². The van der Waals surface area contributed by atoms with Crippen molar-refractivity contribution in [2.45, 2.75) is 104 Å². The summed E-state index contributed by atoms with van der Waals surface area (Å²) in [5.41, 5.74) is 0. The van der Waals surface area contributed by atoms with Gasteiger partial charge in [0.2, 0.25) is 24.3 Å². The van der Waals surface area contributed by atoms with Gasteiger partial charge in [-0.3, -0.25) is 0 Å². The maximum absolute atomic E-state index is 9.90. The number of carbonyl (C=O) groups excluding carboxylic acids is 4. The van der Waals surface area contributed by atoms with E-state index in [1.807, 2.05) is 6.92 Å². The molecule has 0 saturated carbocycles. The van der Waals surface area contributed by atoms with E-state index in [0.29, 0.717) is 12.5 Å². The third-order valence-corrected chi connectivity index (χ3v) is 4.08. The average Bonchev–Trinajstić information content (AvgIpc) is 2.72. The van der Waals surface area contributed by atoms with Crippen LogP contribution in [0.5, 0.6) is 0 Å². The van der Waals surface area contributed by atoms with Crippen LogP contribution in [0.4, 0.5) is 0 Å². The van der Waals surface area contributed by atoms with Gasteiger partial charge in [0.15, 0.2) is 0 Å². The van der Waals surface area contributed by atoms with E-state index < -0.39 is 0 Å². The molecule has 0 saturated heterocycles. The topological polar surface area (TPSA) is 141 Å². The van der Waals surface area contributed by atoms with Gasteiger partial charge in [0.25, 0.3) is 0 Å². The summed E-state index contributed by atoms with van der Waals surface area (Å²) in [5.74, 6) is 0.608. The molecule has 2 atom stereocenters. The summed E-state index contributed by atoms with van der Waals surface area (Å²) in [4.78, 5) is 43.7. The van der Waals surface area contributed by atoms with Gasteiger partial charge in [-0.15, -0.1) is 0 Å². The summed E-state index contributed by atoms with van der Waals surface area (Å²) >= 11 is 0. The van der Waals surface area contributed by atoms with Crippen LogP contribution >= 0.6 is 0 Å². The van der Waals surface area contributed by atoms with E-state index >= 15 is 0 Å². The van der Waals surface area contributed by atoms with E-state index in [-0.39, 0.29) is 6.04 Å². The van der Waals surface area contributed by atoms with Gasteiger partial charge < -0.3 is 0 Å². The van der Waals surface area contributed by atoms with Gasteiger partial charge in [-0.1, -0.05) is 72.1 Å². The molecule has 0 aromatic rings. The van der Waals surface area contributed by atoms with Gasteiger partial charge in [-0.2, -0.15) is 0 Å². The number of rotatable bonds is 14. The quantitative estimate of drug-likeness (QED) is 0.206. The first-order valence-electron chi connectivity index (χ1n) is 10.7. The lowest BCUT2D eigenvalue weighted by atomic mass is 9.97. The second kappa shape index (κ2) is 37.3. The number of nitrogens with zero attached hydrogens (tertiary/aromatic N) is 2. The maximum atomic E-state index is 9.90. The Hall–Kier alpha value is -2.48. The molecule has 0 heterocycles. The Morgan fingerprint density at radius 3 is 1.67 bits per heavy atom. The minimum absolute atomic E-state index is 0.170. The van der Waals surface area contributed by atoms with Crippen molar-refractivity contribution in [1.29, 1.82) is 10.8 Å². The highest BCUT2D eigenvalue weighted by molar-refractivity contribution is 5.33. The summed E-state index contributed by atoms with van der Waals surface area (Å²) in [6, 6.07) is 0.170. The molecule has 8 nitrogen and oxygen atoms in total. The predicted octanol–water partition coefficient (Wildman–Crippen LogP) is 5.80. The van der Waals surface area contributed by atoms with Crippen molar-refractivity contribution < 1.29 is 19.2 Å². The average molecular weight is 425 g/mol. The highest BCUT2D eigenvalue weighted by Gasteiger charge is 2.05. The lowest BCUT2D eigenvalue weighted by molar-refractivity contribution is 0.438. The predicted molar refractivity (Wildman–Crippen MR) is 119 cm³/mol. The van der Waals surface area contributed by atoms with Crippen LogP contribution in [-0.2, 0) is 19.2 Å². The smallest absolute Gasteiger partial charge is 0.222 e. The first-order valence-corrected chi connectivity index (χ1v) is 10.7. The third-order valence-electron chi connectivity index (χ3n) is 4.08. The molecule has 172 valence electrons. The van der Waals surface area contributed by atoms with E-state index in [2.05, 4.69) is 30.8 Å². The minimum atomic E-state index is 0.170. The molecule has 0 amide bonds. The molecular weight excluding hydrogens is 384 g/mol. The number of nitrogens with one attached hydrogen (secondary N) is 2. The molecule has 30 heavy (non-hydrogen) atoms. The number of hydrogen-bond donors (Lipinski definition) is 2. The Kier molecular flexibility index (Phi) is 43.5. The van der Waals surface area contributed by atoms with Gasteiger partial charge >= 0.3 is 0 Å². The highest BCUT2D eigenvalue weighted by atomic mass is 16.1. The fraction of sp³-hybridized carbons (Fsp3) is 0.818. The molecule has 0 aliphatic rings. The van der Waals surface area contributed by atoms with Crippen molar-refractivity contribution in [3.63, 3.8) is 0 Å². The Bertz CT molecular complexity index is 489. The number of aliphatic imine (C=N–C) groups is 2. The molecule has 2 unspecified atom stereocenters. The molecule has 0 aromatic heterocycles. The van der Waals surface area contributed by atoms with Crippen molar-refractivity contribution in [3.05, 3.63) is 0 Å². The van der Waals surface area contributed by atoms with Crippen LogP contribution in [0.1, 0.15) is 98.3 Å². The molecule has 0 aliphatic carbocycles. The fourth-order valence-corrected chi connectivity index (χ4v) is 2.59. The van der Waals surface area contributed by atoms with E-state index in [9.17, 15) is 9.59 Å². The van der Waals surface area contributed by atoms with Gasteiger partial charge in [-0.25, -0.2) is 40.0 Å². The lowest BCUT2D eigenvalue weighted by Crippen LogP contribution is -2.04. The zero-order chi connectivity index (χ0) is 23.9.